The molecule has 0 aromatic rings. The van der Waals surface area contributed by atoms with E-state index in [0.29, 0.717) is 0 Å². The van der Waals surface area contributed by atoms with E-state index >= 15 is 0 Å². The first-order valence-electron chi connectivity index (χ1n) is 4.20. The Balaban J connectivity index is 2.99. The number of hydrogen-bond acceptors (Lipinski definition) is 2. The fraction of sp³-hybridized carbons (Fsp3) is 1.00. The van der Waals surface area contributed by atoms with Crippen molar-refractivity contribution >= 4 is 31.9 Å². The van der Waals surface area contributed by atoms with Crippen LogP contribution in [0.4, 0.5) is 26.3 Å². The lowest BCUT2D eigenvalue weighted by Crippen LogP contribution is -2.58. The molecule has 1 rings (SSSR count). The lowest BCUT2D eigenvalue weighted by atomic mass is 10.2. The van der Waals surface area contributed by atoms with Crippen LogP contribution in [0.5, 0.6) is 0 Å². The molecule has 1 saturated heterocycles. The topological polar surface area (TPSA) is 18.5 Å². The zero-order valence-corrected chi connectivity index (χ0v) is 11.1. The van der Waals surface area contributed by atoms with Crippen LogP contribution in [-0.2, 0) is 9.47 Å². The Morgan fingerprint density at radius 1 is 1.18 bits per heavy atom. The number of ether oxygens (including phenoxy) is 2. The Bertz CT molecular complexity index is 265. The van der Waals surface area contributed by atoms with Crippen molar-refractivity contribution < 1.29 is 35.8 Å². The van der Waals surface area contributed by atoms with Gasteiger partial charge in [0.25, 0.3) is 0 Å². The van der Waals surface area contributed by atoms with Crippen LogP contribution in [0.2, 0.25) is 0 Å². The fourth-order valence-corrected chi connectivity index (χ4v) is 1.89. The summed E-state index contributed by atoms with van der Waals surface area (Å²) in [4.78, 5) is -0.714. The first-order chi connectivity index (χ1) is 7.55. The van der Waals surface area contributed by atoms with Crippen LogP contribution in [0.1, 0.15) is 0 Å². The molecule has 0 amide bonds. The van der Waals surface area contributed by atoms with Crippen LogP contribution in [0.15, 0.2) is 0 Å². The molecule has 2 nitrogen and oxygen atoms in total. The van der Waals surface area contributed by atoms with E-state index in [1.165, 1.54) is 0 Å². The summed E-state index contributed by atoms with van der Waals surface area (Å²) in [6.45, 7) is -0.791. The molecule has 1 aliphatic heterocycles. The van der Waals surface area contributed by atoms with Crippen LogP contribution in [0.3, 0.4) is 0 Å². The molecule has 2 atom stereocenters. The van der Waals surface area contributed by atoms with E-state index in [2.05, 4.69) is 41.3 Å². The van der Waals surface area contributed by atoms with Gasteiger partial charge in [-0.05, 0) is 0 Å². The Hall–Kier alpha value is 0.460. The molecule has 0 bridgehead atoms. The van der Waals surface area contributed by atoms with Gasteiger partial charge in [0.15, 0.2) is 0 Å². The van der Waals surface area contributed by atoms with Gasteiger partial charge in [-0.15, -0.1) is 0 Å². The zero-order valence-electron chi connectivity index (χ0n) is 7.91. The summed E-state index contributed by atoms with van der Waals surface area (Å²) in [7, 11) is 0. The highest BCUT2D eigenvalue weighted by Crippen LogP contribution is 2.50. The smallest absolute Gasteiger partial charge is 0.333 e. The van der Waals surface area contributed by atoms with E-state index in [-0.39, 0.29) is 5.33 Å². The molecule has 0 unspecified atom stereocenters. The largest absolute Gasteiger partial charge is 0.453 e. The van der Waals surface area contributed by atoms with Crippen molar-refractivity contribution in [3.05, 3.63) is 0 Å². The first kappa shape index (κ1) is 15.5. The van der Waals surface area contributed by atoms with Crippen LogP contribution in [0.25, 0.3) is 0 Å². The molecular formula is C7H6Br2F6O2. The van der Waals surface area contributed by atoms with Crippen molar-refractivity contribution in [3.8, 4) is 0 Å². The molecular weight excluding hydrogens is 390 g/mol. The van der Waals surface area contributed by atoms with Gasteiger partial charge in [0, 0.05) is 5.33 Å². The molecule has 0 N–H and O–H groups in total. The molecule has 10 heteroatoms. The zero-order chi connectivity index (χ0) is 13.5. The maximum absolute atomic E-state index is 12.5. The second kappa shape index (κ2) is 4.86. The van der Waals surface area contributed by atoms with Crippen molar-refractivity contribution in [2.45, 2.75) is 29.1 Å². The van der Waals surface area contributed by atoms with Crippen molar-refractivity contribution in [1.29, 1.82) is 0 Å². The van der Waals surface area contributed by atoms with Crippen LogP contribution < -0.4 is 0 Å². The third kappa shape index (κ3) is 2.74. The average Bonchev–Trinajstić information content (AvgIpc) is 2.60. The second-order valence-corrected chi connectivity index (χ2v) is 5.07. The Morgan fingerprint density at radius 3 is 1.94 bits per heavy atom. The number of halogens is 8. The maximum atomic E-state index is 12.5. The highest BCUT2D eigenvalue weighted by Gasteiger charge is 2.77. The van der Waals surface area contributed by atoms with Gasteiger partial charge in [0.1, 0.15) is 0 Å². The number of alkyl halides is 8. The lowest BCUT2D eigenvalue weighted by molar-refractivity contribution is -0.443. The summed E-state index contributed by atoms with van der Waals surface area (Å²) in [6, 6.07) is 0. The van der Waals surface area contributed by atoms with Gasteiger partial charge in [-0.1, -0.05) is 31.9 Å². The van der Waals surface area contributed by atoms with E-state index in [1.54, 1.807) is 0 Å². The molecule has 0 spiro atoms. The maximum Gasteiger partial charge on any atom is 0.453 e. The predicted molar refractivity (Wildman–Crippen MR) is 52.2 cm³/mol. The fourth-order valence-electron chi connectivity index (χ4n) is 1.22. The van der Waals surface area contributed by atoms with E-state index in [9.17, 15) is 26.3 Å². The standard InChI is InChI=1S/C7H6Br2F6O2/c8-1-3(9)4-2-16-5(17-4,6(10,11)12)7(13,14)15/h3-4H,1-2H2/t3-,4-/m1/s1. The van der Waals surface area contributed by atoms with Gasteiger partial charge in [-0.25, -0.2) is 0 Å². The highest BCUT2D eigenvalue weighted by atomic mass is 79.9. The highest BCUT2D eigenvalue weighted by molar-refractivity contribution is 9.12. The monoisotopic (exact) mass is 394 g/mol. The quantitative estimate of drug-likeness (QED) is 0.527. The summed E-state index contributed by atoms with van der Waals surface area (Å²) < 4.78 is 82.7. The predicted octanol–water partition coefficient (Wildman–Crippen LogP) is 3.38. The van der Waals surface area contributed by atoms with Gasteiger partial charge in [0.05, 0.1) is 17.5 Å². The molecule has 0 saturated carbocycles. The molecule has 17 heavy (non-hydrogen) atoms. The summed E-state index contributed by atoms with van der Waals surface area (Å²) >= 11 is 5.82. The van der Waals surface area contributed by atoms with Gasteiger partial charge in [-0.2, -0.15) is 26.3 Å². The summed E-state index contributed by atoms with van der Waals surface area (Å²) in [6.07, 6.45) is -12.7. The minimum absolute atomic E-state index is 0.132. The molecule has 0 aliphatic carbocycles. The van der Waals surface area contributed by atoms with Gasteiger partial charge < -0.3 is 9.47 Å². The van der Waals surface area contributed by atoms with Gasteiger partial charge in [-0.3, -0.25) is 0 Å². The van der Waals surface area contributed by atoms with Crippen molar-refractivity contribution in [3.63, 3.8) is 0 Å². The average molecular weight is 396 g/mol. The van der Waals surface area contributed by atoms with Crippen LogP contribution >= 0.6 is 31.9 Å². The van der Waals surface area contributed by atoms with E-state index in [0.717, 1.165) is 0 Å². The Morgan fingerprint density at radius 2 is 1.65 bits per heavy atom. The first-order valence-corrected chi connectivity index (χ1v) is 6.24. The molecule has 0 aromatic heterocycles. The van der Waals surface area contributed by atoms with E-state index in [1.807, 2.05) is 0 Å². The summed E-state index contributed by atoms with van der Waals surface area (Å²) in [5, 5.41) is 0.132. The van der Waals surface area contributed by atoms with E-state index in [4.69, 9.17) is 0 Å². The number of rotatable bonds is 2. The van der Waals surface area contributed by atoms with E-state index < -0.39 is 35.7 Å². The molecule has 1 aliphatic rings. The van der Waals surface area contributed by atoms with Crippen molar-refractivity contribution in [1.82, 2.24) is 0 Å². The second-order valence-electron chi connectivity index (χ2n) is 3.25. The minimum Gasteiger partial charge on any atom is -0.333 e. The normalized spacial score (nSPS) is 27.2. The Labute approximate surface area is 109 Å². The van der Waals surface area contributed by atoms with Crippen molar-refractivity contribution in [2.75, 3.05) is 11.9 Å². The molecule has 0 radical (unpaired) electrons. The van der Waals surface area contributed by atoms with Gasteiger partial charge >= 0.3 is 18.1 Å². The third-order valence-corrected chi connectivity index (χ3v) is 4.55. The SMILES string of the molecule is FC(F)(F)C1(C(F)(F)F)OC[C@H]([C@H](Br)CBr)O1. The van der Waals surface area contributed by atoms with Crippen LogP contribution in [0, 0.1) is 0 Å². The molecule has 102 valence electrons. The molecule has 1 heterocycles. The summed E-state index contributed by atoms with van der Waals surface area (Å²) in [5.41, 5.74) is 0. The van der Waals surface area contributed by atoms with Crippen molar-refractivity contribution in [2.24, 2.45) is 0 Å². The molecule has 0 aromatic carbocycles. The Kier molecular flexibility index (Phi) is 4.43. The lowest BCUT2D eigenvalue weighted by Gasteiger charge is -2.31. The summed E-state index contributed by atoms with van der Waals surface area (Å²) in [5.74, 6) is -4.53. The minimum atomic E-state index is -5.68. The number of hydrogen-bond donors (Lipinski definition) is 0. The third-order valence-electron chi connectivity index (χ3n) is 2.07. The molecule has 1 fully saturated rings. The van der Waals surface area contributed by atoms with Crippen LogP contribution in [-0.4, -0.2) is 41.0 Å². The van der Waals surface area contributed by atoms with Gasteiger partial charge in [0.2, 0.25) is 0 Å².